The van der Waals surface area contributed by atoms with Gasteiger partial charge in [0.25, 0.3) is 0 Å². The number of para-hydroxylation sites is 1. The molecule has 0 atom stereocenters. The van der Waals surface area contributed by atoms with Crippen LogP contribution in [-0.2, 0) is 4.74 Å². The van der Waals surface area contributed by atoms with Crippen molar-refractivity contribution in [2.24, 2.45) is 0 Å². The molecule has 1 aromatic carbocycles. The first-order chi connectivity index (χ1) is 8.20. The van der Waals surface area contributed by atoms with E-state index < -0.39 is 0 Å². The SMILES string of the molecule is COC1CCC(Nc2c(Br)cccc2Br)CC1. The van der Waals surface area contributed by atoms with Gasteiger partial charge < -0.3 is 10.1 Å². The Balaban J connectivity index is 1.98. The van der Waals surface area contributed by atoms with Crippen molar-refractivity contribution in [3.63, 3.8) is 0 Å². The van der Waals surface area contributed by atoms with E-state index in [1.54, 1.807) is 0 Å². The minimum Gasteiger partial charge on any atom is -0.381 e. The van der Waals surface area contributed by atoms with Crippen LogP contribution in [0.5, 0.6) is 0 Å². The van der Waals surface area contributed by atoms with Crippen molar-refractivity contribution >= 4 is 37.5 Å². The van der Waals surface area contributed by atoms with Crippen LogP contribution in [0, 0.1) is 0 Å². The largest absolute Gasteiger partial charge is 0.381 e. The number of hydrogen-bond acceptors (Lipinski definition) is 2. The summed E-state index contributed by atoms with van der Waals surface area (Å²) in [6, 6.07) is 6.71. The fourth-order valence-electron chi connectivity index (χ4n) is 2.28. The van der Waals surface area contributed by atoms with E-state index in [0.29, 0.717) is 12.1 Å². The highest BCUT2D eigenvalue weighted by Crippen LogP contribution is 2.33. The van der Waals surface area contributed by atoms with Crippen LogP contribution >= 0.6 is 31.9 Å². The maximum Gasteiger partial charge on any atom is 0.0631 e. The van der Waals surface area contributed by atoms with Crippen molar-refractivity contribution in [1.29, 1.82) is 0 Å². The maximum absolute atomic E-state index is 5.39. The van der Waals surface area contributed by atoms with Gasteiger partial charge in [-0.15, -0.1) is 0 Å². The second-order valence-corrected chi connectivity index (χ2v) is 6.16. The molecule has 1 N–H and O–H groups in total. The third-order valence-corrected chi connectivity index (χ3v) is 4.64. The second-order valence-electron chi connectivity index (χ2n) is 4.45. The van der Waals surface area contributed by atoms with Crippen LogP contribution in [0.3, 0.4) is 0 Å². The lowest BCUT2D eigenvalue weighted by Crippen LogP contribution is -2.29. The van der Waals surface area contributed by atoms with Gasteiger partial charge in [0.1, 0.15) is 0 Å². The summed E-state index contributed by atoms with van der Waals surface area (Å²) in [6.45, 7) is 0. The average molecular weight is 363 g/mol. The molecule has 2 nitrogen and oxygen atoms in total. The molecule has 1 fully saturated rings. The Morgan fingerprint density at radius 3 is 2.24 bits per heavy atom. The number of nitrogens with one attached hydrogen (secondary N) is 1. The van der Waals surface area contributed by atoms with Gasteiger partial charge in [-0.3, -0.25) is 0 Å². The summed E-state index contributed by atoms with van der Waals surface area (Å²) in [5.74, 6) is 0. The highest BCUT2D eigenvalue weighted by atomic mass is 79.9. The first-order valence-corrected chi connectivity index (χ1v) is 7.52. The van der Waals surface area contributed by atoms with E-state index in [4.69, 9.17) is 4.74 Å². The lowest BCUT2D eigenvalue weighted by atomic mass is 9.93. The van der Waals surface area contributed by atoms with Gasteiger partial charge in [0, 0.05) is 22.1 Å². The Morgan fingerprint density at radius 1 is 1.12 bits per heavy atom. The van der Waals surface area contributed by atoms with Gasteiger partial charge in [-0.25, -0.2) is 0 Å². The predicted molar refractivity (Wildman–Crippen MR) is 78.5 cm³/mol. The summed E-state index contributed by atoms with van der Waals surface area (Å²) in [5.41, 5.74) is 1.16. The van der Waals surface area contributed by atoms with E-state index in [1.807, 2.05) is 13.2 Å². The van der Waals surface area contributed by atoms with Crippen molar-refractivity contribution in [2.75, 3.05) is 12.4 Å². The quantitative estimate of drug-likeness (QED) is 0.849. The summed E-state index contributed by atoms with van der Waals surface area (Å²) in [4.78, 5) is 0. The number of halogens is 2. The Labute approximate surface area is 119 Å². The van der Waals surface area contributed by atoms with Crippen LogP contribution in [0.4, 0.5) is 5.69 Å². The zero-order chi connectivity index (χ0) is 12.3. The van der Waals surface area contributed by atoms with E-state index in [9.17, 15) is 0 Å². The van der Waals surface area contributed by atoms with E-state index in [-0.39, 0.29) is 0 Å². The normalized spacial score (nSPS) is 24.6. The van der Waals surface area contributed by atoms with E-state index in [0.717, 1.165) is 27.5 Å². The molecule has 0 radical (unpaired) electrons. The standard InChI is InChI=1S/C13H17Br2NO/c1-17-10-7-5-9(6-8-10)16-13-11(14)3-2-4-12(13)15/h2-4,9-10,16H,5-8H2,1H3. The number of hydrogen-bond donors (Lipinski definition) is 1. The molecule has 4 heteroatoms. The molecule has 0 spiro atoms. The van der Waals surface area contributed by atoms with Crippen LogP contribution in [-0.4, -0.2) is 19.3 Å². The first kappa shape index (κ1) is 13.4. The van der Waals surface area contributed by atoms with Gasteiger partial charge >= 0.3 is 0 Å². The Hall–Kier alpha value is -0.0600. The molecule has 17 heavy (non-hydrogen) atoms. The minimum absolute atomic E-state index is 0.454. The van der Waals surface area contributed by atoms with Crippen molar-refractivity contribution in [3.8, 4) is 0 Å². The maximum atomic E-state index is 5.39. The van der Waals surface area contributed by atoms with Gasteiger partial charge in [0.15, 0.2) is 0 Å². The summed E-state index contributed by atoms with van der Waals surface area (Å²) in [5, 5.41) is 3.61. The molecule has 2 rings (SSSR count). The third kappa shape index (κ3) is 3.46. The van der Waals surface area contributed by atoms with Crippen LogP contribution in [0.2, 0.25) is 0 Å². The molecule has 1 saturated carbocycles. The van der Waals surface area contributed by atoms with E-state index >= 15 is 0 Å². The molecule has 0 aromatic heterocycles. The molecule has 1 aliphatic rings. The van der Waals surface area contributed by atoms with Crippen LogP contribution in [0.25, 0.3) is 0 Å². The number of ether oxygens (including phenoxy) is 1. The summed E-state index contributed by atoms with van der Waals surface area (Å²) < 4.78 is 7.61. The number of anilines is 1. The molecule has 0 bridgehead atoms. The Bertz CT molecular complexity index is 355. The molecular weight excluding hydrogens is 346 g/mol. The zero-order valence-corrected chi connectivity index (χ0v) is 13.1. The Morgan fingerprint density at radius 2 is 1.71 bits per heavy atom. The predicted octanol–water partition coefficient (Wildman–Crippen LogP) is 4.58. The lowest BCUT2D eigenvalue weighted by molar-refractivity contribution is 0.0682. The molecule has 1 aliphatic carbocycles. The molecular formula is C13H17Br2NO. The van der Waals surface area contributed by atoms with Gasteiger partial charge in [-0.2, -0.15) is 0 Å². The number of benzene rings is 1. The van der Waals surface area contributed by atoms with Crippen LogP contribution in [0.1, 0.15) is 25.7 Å². The molecule has 0 aliphatic heterocycles. The van der Waals surface area contributed by atoms with Crippen molar-refractivity contribution in [3.05, 3.63) is 27.1 Å². The average Bonchev–Trinajstić information content (AvgIpc) is 2.35. The number of rotatable bonds is 3. The zero-order valence-electron chi connectivity index (χ0n) is 9.88. The van der Waals surface area contributed by atoms with Gasteiger partial charge in [-0.05, 0) is 69.7 Å². The van der Waals surface area contributed by atoms with Gasteiger partial charge in [0.05, 0.1) is 11.8 Å². The summed E-state index contributed by atoms with van der Waals surface area (Å²) >= 11 is 7.16. The number of methoxy groups -OCH3 is 1. The van der Waals surface area contributed by atoms with Crippen molar-refractivity contribution in [2.45, 2.75) is 37.8 Å². The Kier molecular flexibility index (Phi) is 4.88. The highest BCUT2D eigenvalue weighted by molar-refractivity contribution is 9.11. The molecule has 0 saturated heterocycles. The fraction of sp³-hybridized carbons (Fsp3) is 0.538. The van der Waals surface area contributed by atoms with Crippen molar-refractivity contribution in [1.82, 2.24) is 0 Å². The topological polar surface area (TPSA) is 21.3 Å². The van der Waals surface area contributed by atoms with Gasteiger partial charge in [-0.1, -0.05) is 6.07 Å². The lowest BCUT2D eigenvalue weighted by Gasteiger charge is -2.29. The first-order valence-electron chi connectivity index (χ1n) is 5.94. The highest BCUT2D eigenvalue weighted by Gasteiger charge is 2.21. The molecule has 1 aromatic rings. The monoisotopic (exact) mass is 361 g/mol. The third-order valence-electron chi connectivity index (χ3n) is 3.32. The molecule has 94 valence electrons. The minimum atomic E-state index is 0.454. The van der Waals surface area contributed by atoms with E-state index in [2.05, 4.69) is 49.3 Å². The van der Waals surface area contributed by atoms with Crippen LogP contribution < -0.4 is 5.32 Å². The molecule has 0 amide bonds. The fourth-order valence-corrected chi connectivity index (χ4v) is 3.51. The van der Waals surface area contributed by atoms with Crippen LogP contribution in [0.15, 0.2) is 27.1 Å². The van der Waals surface area contributed by atoms with E-state index in [1.165, 1.54) is 12.8 Å². The van der Waals surface area contributed by atoms with Crippen molar-refractivity contribution < 1.29 is 4.74 Å². The second kappa shape index (κ2) is 6.21. The smallest absolute Gasteiger partial charge is 0.0631 e. The van der Waals surface area contributed by atoms with Gasteiger partial charge in [0.2, 0.25) is 0 Å². The molecule has 0 unspecified atom stereocenters. The summed E-state index contributed by atoms with van der Waals surface area (Å²) in [6.07, 6.45) is 5.10. The molecule has 0 heterocycles. The summed E-state index contributed by atoms with van der Waals surface area (Å²) in [7, 11) is 1.81.